The van der Waals surface area contributed by atoms with Gasteiger partial charge in [0.15, 0.2) is 0 Å². The standard InChI is InChI=1S/C12H15N3O2/c1-3-10-14-7(2)9-5-4-8(6-15(9)10)11(13)12(16)17/h4-6,11H,3,13H2,1-2H3,(H,16,17). The summed E-state index contributed by atoms with van der Waals surface area (Å²) in [6.45, 7) is 3.95. The lowest BCUT2D eigenvalue weighted by Crippen LogP contribution is -2.21. The fourth-order valence-electron chi connectivity index (χ4n) is 1.91. The molecule has 0 bridgehead atoms. The van der Waals surface area contributed by atoms with Gasteiger partial charge in [0.2, 0.25) is 0 Å². The Labute approximate surface area is 98.9 Å². The number of nitrogens with two attached hydrogens (primary N) is 1. The van der Waals surface area contributed by atoms with Crippen molar-refractivity contribution in [2.45, 2.75) is 26.3 Å². The molecule has 5 heteroatoms. The Hall–Kier alpha value is -1.88. The predicted molar refractivity (Wildman–Crippen MR) is 63.9 cm³/mol. The lowest BCUT2D eigenvalue weighted by atomic mass is 10.1. The number of imidazole rings is 1. The van der Waals surface area contributed by atoms with Crippen LogP contribution in [-0.4, -0.2) is 20.5 Å². The normalized spacial score (nSPS) is 12.9. The first-order chi connectivity index (χ1) is 8.04. The molecule has 2 heterocycles. The smallest absolute Gasteiger partial charge is 0.325 e. The van der Waals surface area contributed by atoms with Crippen LogP contribution in [-0.2, 0) is 11.2 Å². The summed E-state index contributed by atoms with van der Waals surface area (Å²) >= 11 is 0. The maximum absolute atomic E-state index is 10.8. The summed E-state index contributed by atoms with van der Waals surface area (Å²) in [6, 6.07) is 2.61. The minimum atomic E-state index is -1.03. The Kier molecular flexibility index (Phi) is 2.85. The van der Waals surface area contributed by atoms with E-state index in [1.165, 1.54) is 0 Å². The lowest BCUT2D eigenvalue weighted by Gasteiger charge is -2.08. The number of carboxylic acid groups (broad SMARTS) is 1. The molecule has 3 N–H and O–H groups in total. The quantitative estimate of drug-likeness (QED) is 0.837. The number of carbonyl (C=O) groups is 1. The average Bonchev–Trinajstić information content (AvgIpc) is 2.64. The maximum Gasteiger partial charge on any atom is 0.325 e. The molecule has 0 aliphatic heterocycles. The van der Waals surface area contributed by atoms with E-state index in [0.29, 0.717) is 5.56 Å². The molecular weight excluding hydrogens is 218 g/mol. The van der Waals surface area contributed by atoms with Crippen molar-refractivity contribution >= 4 is 11.5 Å². The fraction of sp³-hybridized carbons (Fsp3) is 0.333. The highest BCUT2D eigenvalue weighted by atomic mass is 16.4. The lowest BCUT2D eigenvalue weighted by molar-refractivity contribution is -0.138. The second-order valence-electron chi connectivity index (χ2n) is 4.00. The number of nitrogens with zero attached hydrogens (tertiary/aromatic N) is 2. The topological polar surface area (TPSA) is 80.6 Å². The molecule has 0 aliphatic rings. The number of aryl methyl sites for hydroxylation is 2. The summed E-state index contributed by atoms with van der Waals surface area (Å²) in [4.78, 5) is 15.3. The van der Waals surface area contributed by atoms with Crippen LogP contribution >= 0.6 is 0 Å². The van der Waals surface area contributed by atoms with Gasteiger partial charge in [-0.3, -0.25) is 4.79 Å². The van der Waals surface area contributed by atoms with Crippen molar-refractivity contribution in [3.05, 3.63) is 35.4 Å². The van der Waals surface area contributed by atoms with Crippen molar-refractivity contribution in [2.24, 2.45) is 5.73 Å². The number of aliphatic carboxylic acids is 1. The Balaban J connectivity index is 2.60. The number of hydrogen-bond donors (Lipinski definition) is 2. The third kappa shape index (κ3) is 1.89. The second-order valence-corrected chi connectivity index (χ2v) is 4.00. The molecule has 2 aromatic heterocycles. The highest BCUT2D eigenvalue weighted by Crippen LogP contribution is 2.17. The van der Waals surface area contributed by atoms with Crippen molar-refractivity contribution in [2.75, 3.05) is 0 Å². The monoisotopic (exact) mass is 233 g/mol. The van der Waals surface area contributed by atoms with Gasteiger partial charge in [0, 0.05) is 12.6 Å². The number of rotatable bonds is 3. The number of pyridine rings is 1. The zero-order chi connectivity index (χ0) is 12.6. The molecule has 2 aromatic rings. The van der Waals surface area contributed by atoms with Crippen LogP contribution in [0.15, 0.2) is 18.3 Å². The van der Waals surface area contributed by atoms with E-state index in [1.807, 2.05) is 24.3 Å². The van der Waals surface area contributed by atoms with Crippen molar-refractivity contribution in [1.82, 2.24) is 9.38 Å². The molecule has 0 radical (unpaired) electrons. The molecule has 1 unspecified atom stereocenters. The SMILES string of the molecule is CCc1nc(C)c2ccc(C(N)C(=O)O)cn12. The van der Waals surface area contributed by atoms with Crippen LogP contribution in [0.4, 0.5) is 0 Å². The van der Waals surface area contributed by atoms with E-state index in [0.717, 1.165) is 23.5 Å². The molecule has 0 fully saturated rings. The van der Waals surface area contributed by atoms with E-state index in [-0.39, 0.29) is 0 Å². The van der Waals surface area contributed by atoms with E-state index in [1.54, 1.807) is 12.3 Å². The van der Waals surface area contributed by atoms with E-state index < -0.39 is 12.0 Å². The molecular formula is C12H15N3O2. The van der Waals surface area contributed by atoms with E-state index in [4.69, 9.17) is 10.8 Å². The molecule has 2 rings (SSSR count). The van der Waals surface area contributed by atoms with Crippen LogP contribution in [0.3, 0.4) is 0 Å². The highest BCUT2D eigenvalue weighted by molar-refractivity contribution is 5.75. The van der Waals surface area contributed by atoms with Crippen molar-refractivity contribution in [3.8, 4) is 0 Å². The van der Waals surface area contributed by atoms with Crippen molar-refractivity contribution < 1.29 is 9.90 Å². The van der Waals surface area contributed by atoms with Crippen LogP contribution in [0.1, 0.15) is 30.0 Å². The Morgan fingerprint density at radius 3 is 2.88 bits per heavy atom. The molecule has 5 nitrogen and oxygen atoms in total. The van der Waals surface area contributed by atoms with Gasteiger partial charge in [-0.2, -0.15) is 0 Å². The zero-order valence-corrected chi connectivity index (χ0v) is 9.84. The number of hydrogen-bond acceptors (Lipinski definition) is 3. The number of fused-ring (bicyclic) bond motifs is 1. The van der Waals surface area contributed by atoms with Gasteiger partial charge in [-0.1, -0.05) is 13.0 Å². The van der Waals surface area contributed by atoms with Gasteiger partial charge in [-0.25, -0.2) is 4.98 Å². The van der Waals surface area contributed by atoms with Crippen molar-refractivity contribution in [3.63, 3.8) is 0 Å². The first-order valence-electron chi connectivity index (χ1n) is 5.50. The van der Waals surface area contributed by atoms with E-state index in [9.17, 15) is 4.79 Å². The summed E-state index contributed by atoms with van der Waals surface area (Å²) in [7, 11) is 0. The Bertz CT molecular complexity index is 574. The van der Waals surface area contributed by atoms with Gasteiger partial charge in [0.25, 0.3) is 0 Å². The third-order valence-corrected chi connectivity index (χ3v) is 2.86. The van der Waals surface area contributed by atoms with Crippen molar-refractivity contribution in [1.29, 1.82) is 0 Å². The van der Waals surface area contributed by atoms with E-state index >= 15 is 0 Å². The summed E-state index contributed by atoms with van der Waals surface area (Å²) in [5.41, 5.74) is 8.11. The second kappa shape index (κ2) is 4.18. The molecule has 1 atom stereocenters. The minimum absolute atomic E-state index is 0.581. The molecule has 90 valence electrons. The number of carboxylic acids is 1. The van der Waals surface area contributed by atoms with Gasteiger partial charge in [0.1, 0.15) is 11.9 Å². The zero-order valence-electron chi connectivity index (χ0n) is 9.84. The van der Waals surface area contributed by atoms with Gasteiger partial charge >= 0.3 is 5.97 Å². The van der Waals surface area contributed by atoms with Crippen LogP contribution < -0.4 is 5.73 Å². The van der Waals surface area contributed by atoms with Crippen LogP contribution in [0.25, 0.3) is 5.52 Å². The molecule has 0 spiro atoms. The first kappa shape index (κ1) is 11.6. The molecule has 0 saturated carbocycles. The van der Waals surface area contributed by atoms with Gasteiger partial charge in [-0.05, 0) is 18.6 Å². The largest absolute Gasteiger partial charge is 0.480 e. The number of aromatic nitrogens is 2. The van der Waals surface area contributed by atoms with Gasteiger partial charge in [0.05, 0.1) is 11.2 Å². The van der Waals surface area contributed by atoms with Crippen LogP contribution in [0, 0.1) is 6.92 Å². The molecule has 0 aliphatic carbocycles. The Morgan fingerprint density at radius 1 is 1.59 bits per heavy atom. The summed E-state index contributed by atoms with van der Waals surface area (Å²) in [5.74, 6) is -0.115. The summed E-state index contributed by atoms with van der Waals surface area (Å²) in [6.07, 6.45) is 2.55. The third-order valence-electron chi connectivity index (χ3n) is 2.86. The van der Waals surface area contributed by atoms with E-state index in [2.05, 4.69) is 4.98 Å². The van der Waals surface area contributed by atoms with Gasteiger partial charge < -0.3 is 15.2 Å². The molecule has 0 aromatic carbocycles. The summed E-state index contributed by atoms with van der Waals surface area (Å²) < 4.78 is 1.91. The summed E-state index contributed by atoms with van der Waals surface area (Å²) in [5, 5.41) is 8.89. The molecule has 0 saturated heterocycles. The Morgan fingerprint density at radius 2 is 2.29 bits per heavy atom. The fourth-order valence-corrected chi connectivity index (χ4v) is 1.91. The predicted octanol–water partition coefficient (Wildman–Crippen LogP) is 1.29. The molecule has 0 amide bonds. The molecule has 17 heavy (non-hydrogen) atoms. The first-order valence-corrected chi connectivity index (χ1v) is 5.50. The minimum Gasteiger partial charge on any atom is -0.480 e. The average molecular weight is 233 g/mol. The van der Waals surface area contributed by atoms with Gasteiger partial charge in [-0.15, -0.1) is 0 Å². The van der Waals surface area contributed by atoms with Crippen LogP contribution in [0.5, 0.6) is 0 Å². The maximum atomic E-state index is 10.8. The van der Waals surface area contributed by atoms with Crippen LogP contribution in [0.2, 0.25) is 0 Å². The highest BCUT2D eigenvalue weighted by Gasteiger charge is 2.16.